The molecule has 1 amide bonds. The summed E-state index contributed by atoms with van der Waals surface area (Å²) in [6.07, 6.45) is -3.19. The maximum absolute atomic E-state index is 11.6. The van der Waals surface area contributed by atoms with Crippen LogP contribution in [0.2, 0.25) is 0 Å². The van der Waals surface area contributed by atoms with Crippen LogP contribution in [0, 0.1) is 0 Å². The number of rotatable bonds is 4. The van der Waals surface area contributed by atoms with E-state index in [1.165, 1.54) is 13.8 Å². The van der Waals surface area contributed by atoms with E-state index in [4.69, 9.17) is 18.9 Å². The van der Waals surface area contributed by atoms with Gasteiger partial charge in [0, 0.05) is 12.5 Å². The molecule has 1 aromatic rings. The van der Waals surface area contributed by atoms with Crippen molar-refractivity contribution in [2.75, 3.05) is 6.61 Å². The molecule has 5 atom stereocenters. The number of Topliss-reactive ketones (excluding diaryl/α,β-unsaturated/α-hetero) is 1. The SMILES string of the molecule is CC(=O)N[C@H]1[C@H](Oc2ccc(C(C)=O)cc2)O[C@@H]2COC(C)(C)O[C@H]2[C@@H]1O. The molecule has 0 spiro atoms. The van der Waals surface area contributed by atoms with Gasteiger partial charge < -0.3 is 29.4 Å². The number of aliphatic hydroxyl groups excluding tert-OH is 1. The standard InChI is InChI=1S/C19H25NO7/c1-10(21)12-5-7-13(8-6-12)25-18-15(20-11(2)22)16(23)17-14(26-18)9-24-19(3,4)27-17/h5-8,14-18,23H,9H2,1-4H3,(H,20,22)/t14-,15-,16-,17-,18-/m1/s1. The Morgan fingerprint density at radius 3 is 2.48 bits per heavy atom. The van der Waals surface area contributed by atoms with Crippen molar-refractivity contribution in [3.05, 3.63) is 29.8 Å². The van der Waals surface area contributed by atoms with Crippen LogP contribution in [0.4, 0.5) is 0 Å². The monoisotopic (exact) mass is 379 g/mol. The highest BCUT2D eigenvalue weighted by Gasteiger charge is 2.52. The van der Waals surface area contributed by atoms with Crippen molar-refractivity contribution in [3.63, 3.8) is 0 Å². The number of amides is 1. The summed E-state index contributed by atoms with van der Waals surface area (Å²) >= 11 is 0. The van der Waals surface area contributed by atoms with Crippen LogP contribution in [-0.4, -0.2) is 59.8 Å². The summed E-state index contributed by atoms with van der Waals surface area (Å²) in [7, 11) is 0. The van der Waals surface area contributed by atoms with E-state index in [0.717, 1.165) is 0 Å². The van der Waals surface area contributed by atoms with Gasteiger partial charge in [0.25, 0.3) is 0 Å². The molecule has 2 N–H and O–H groups in total. The van der Waals surface area contributed by atoms with Gasteiger partial charge in [0.1, 0.15) is 30.1 Å². The molecular formula is C19H25NO7. The minimum absolute atomic E-state index is 0.0519. The van der Waals surface area contributed by atoms with Gasteiger partial charge in [0.15, 0.2) is 11.6 Å². The number of aliphatic hydroxyl groups is 1. The number of hydrogen-bond acceptors (Lipinski definition) is 7. The number of hydrogen-bond donors (Lipinski definition) is 2. The largest absolute Gasteiger partial charge is 0.463 e. The lowest BCUT2D eigenvalue weighted by molar-refractivity contribution is -0.361. The van der Waals surface area contributed by atoms with E-state index in [9.17, 15) is 14.7 Å². The van der Waals surface area contributed by atoms with Crippen LogP contribution in [0.15, 0.2) is 24.3 Å². The molecule has 8 heteroatoms. The quantitative estimate of drug-likeness (QED) is 0.753. The lowest BCUT2D eigenvalue weighted by atomic mass is 9.95. The smallest absolute Gasteiger partial charge is 0.223 e. The van der Waals surface area contributed by atoms with Crippen LogP contribution in [-0.2, 0) is 19.0 Å². The average molecular weight is 379 g/mol. The average Bonchev–Trinajstić information content (AvgIpc) is 2.59. The van der Waals surface area contributed by atoms with Gasteiger partial charge in [-0.25, -0.2) is 0 Å². The molecule has 2 saturated heterocycles. The van der Waals surface area contributed by atoms with Crippen molar-refractivity contribution in [3.8, 4) is 5.75 Å². The highest BCUT2D eigenvalue weighted by Crippen LogP contribution is 2.33. The molecule has 2 aliphatic heterocycles. The Balaban J connectivity index is 1.79. The highest BCUT2D eigenvalue weighted by molar-refractivity contribution is 5.94. The zero-order chi connectivity index (χ0) is 19.8. The molecule has 3 rings (SSSR count). The van der Waals surface area contributed by atoms with Gasteiger partial charge in [-0.2, -0.15) is 0 Å². The number of benzene rings is 1. The van der Waals surface area contributed by atoms with E-state index in [1.807, 2.05) is 0 Å². The topological polar surface area (TPSA) is 103 Å². The first-order chi connectivity index (χ1) is 12.7. The van der Waals surface area contributed by atoms with Gasteiger partial charge in [-0.15, -0.1) is 0 Å². The fraction of sp³-hybridized carbons (Fsp3) is 0.579. The van der Waals surface area contributed by atoms with Gasteiger partial charge in [-0.3, -0.25) is 9.59 Å². The van der Waals surface area contributed by atoms with Crippen molar-refractivity contribution in [2.24, 2.45) is 0 Å². The predicted octanol–water partition coefficient (Wildman–Crippen LogP) is 1.01. The Kier molecular flexibility index (Phi) is 5.53. The third-order valence-electron chi connectivity index (χ3n) is 4.57. The third-order valence-corrected chi connectivity index (χ3v) is 4.57. The normalized spacial score (nSPS) is 32.3. The van der Waals surface area contributed by atoms with E-state index in [2.05, 4.69) is 5.32 Å². The number of ether oxygens (including phenoxy) is 4. The van der Waals surface area contributed by atoms with E-state index < -0.39 is 36.4 Å². The van der Waals surface area contributed by atoms with E-state index in [0.29, 0.717) is 11.3 Å². The second-order valence-electron chi connectivity index (χ2n) is 7.25. The van der Waals surface area contributed by atoms with Crippen molar-refractivity contribution >= 4 is 11.7 Å². The molecule has 0 aliphatic carbocycles. The Bertz CT molecular complexity index is 703. The predicted molar refractivity (Wildman–Crippen MR) is 94.3 cm³/mol. The van der Waals surface area contributed by atoms with E-state index in [1.54, 1.807) is 38.1 Å². The molecule has 27 heavy (non-hydrogen) atoms. The van der Waals surface area contributed by atoms with Crippen molar-refractivity contribution in [1.29, 1.82) is 0 Å². The van der Waals surface area contributed by atoms with Crippen LogP contribution in [0.3, 0.4) is 0 Å². The first-order valence-electron chi connectivity index (χ1n) is 8.86. The van der Waals surface area contributed by atoms with Gasteiger partial charge in [-0.05, 0) is 45.0 Å². The molecule has 8 nitrogen and oxygen atoms in total. The Hall–Kier alpha value is -2.00. The van der Waals surface area contributed by atoms with Crippen LogP contribution in [0.1, 0.15) is 38.1 Å². The summed E-state index contributed by atoms with van der Waals surface area (Å²) in [5, 5.41) is 13.5. The molecule has 0 bridgehead atoms. The summed E-state index contributed by atoms with van der Waals surface area (Å²) in [6.45, 7) is 6.57. The van der Waals surface area contributed by atoms with Crippen LogP contribution in [0.25, 0.3) is 0 Å². The summed E-state index contributed by atoms with van der Waals surface area (Å²) in [5.41, 5.74) is 0.557. The molecule has 1 aromatic carbocycles. The lowest BCUT2D eigenvalue weighted by Crippen LogP contribution is -2.69. The van der Waals surface area contributed by atoms with Crippen LogP contribution < -0.4 is 10.1 Å². The first kappa shape index (κ1) is 19.8. The number of nitrogens with one attached hydrogen (secondary N) is 1. The molecule has 0 saturated carbocycles. The fourth-order valence-electron chi connectivity index (χ4n) is 3.24. The van der Waals surface area contributed by atoms with Gasteiger partial charge in [0.2, 0.25) is 12.2 Å². The molecule has 0 unspecified atom stereocenters. The van der Waals surface area contributed by atoms with E-state index in [-0.39, 0.29) is 18.3 Å². The minimum Gasteiger partial charge on any atom is -0.463 e. The molecule has 2 heterocycles. The molecule has 2 fully saturated rings. The van der Waals surface area contributed by atoms with Gasteiger partial charge >= 0.3 is 0 Å². The minimum atomic E-state index is -1.04. The lowest BCUT2D eigenvalue weighted by Gasteiger charge is -2.49. The van der Waals surface area contributed by atoms with Crippen molar-refractivity contribution in [2.45, 2.75) is 64.1 Å². The molecular weight excluding hydrogens is 354 g/mol. The number of carbonyl (C=O) groups excluding carboxylic acids is 2. The Labute approximate surface area is 157 Å². The second-order valence-corrected chi connectivity index (χ2v) is 7.25. The highest BCUT2D eigenvalue weighted by atomic mass is 16.8. The molecule has 0 radical (unpaired) electrons. The molecule has 148 valence electrons. The van der Waals surface area contributed by atoms with Gasteiger partial charge in [0.05, 0.1) is 6.61 Å². The van der Waals surface area contributed by atoms with Gasteiger partial charge in [-0.1, -0.05) is 0 Å². The maximum atomic E-state index is 11.6. The summed E-state index contributed by atoms with van der Waals surface area (Å²) in [5.74, 6) is -0.788. The van der Waals surface area contributed by atoms with Crippen LogP contribution >= 0.6 is 0 Å². The van der Waals surface area contributed by atoms with Crippen LogP contribution in [0.5, 0.6) is 5.75 Å². The zero-order valence-corrected chi connectivity index (χ0v) is 15.8. The third kappa shape index (κ3) is 4.47. The second kappa shape index (κ2) is 7.55. The van der Waals surface area contributed by atoms with Crippen molar-refractivity contribution < 1.29 is 33.6 Å². The number of ketones is 1. The Morgan fingerprint density at radius 1 is 1.22 bits per heavy atom. The van der Waals surface area contributed by atoms with E-state index >= 15 is 0 Å². The number of fused-ring (bicyclic) bond motifs is 1. The summed E-state index contributed by atoms with van der Waals surface area (Å²) in [4.78, 5) is 23.0. The molecule has 0 aromatic heterocycles. The molecule has 2 aliphatic rings. The summed E-state index contributed by atoms with van der Waals surface area (Å²) < 4.78 is 23.2. The fourth-order valence-corrected chi connectivity index (χ4v) is 3.24. The Morgan fingerprint density at radius 2 is 1.89 bits per heavy atom. The maximum Gasteiger partial charge on any atom is 0.223 e. The zero-order valence-electron chi connectivity index (χ0n) is 15.8. The first-order valence-corrected chi connectivity index (χ1v) is 8.86. The van der Waals surface area contributed by atoms with Crippen molar-refractivity contribution in [1.82, 2.24) is 5.32 Å². The summed E-state index contributed by atoms with van der Waals surface area (Å²) in [6, 6.07) is 5.73. The number of carbonyl (C=O) groups is 2.